The molecular weight excluding hydrogens is 426 g/mol. The third-order valence-corrected chi connectivity index (χ3v) is 7.36. The van der Waals surface area contributed by atoms with Crippen molar-refractivity contribution in [2.75, 3.05) is 22.1 Å². The molecule has 5 rings (SSSR count). The van der Waals surface area contributed by atoms with Gasteiger partial charge in [-0.15, -0.1) is 0 Å². The molecule has 0 radical (unpaired) electrons. The van der Waals surface area contributed by atoms with Gasteiger partial charge >= 0.3 is 5.97 Å². The van der Waals surface area contributed by atoms with Gasteiger partial charge in [0, 0.05) is 29.6 Å². The molecule has 2 aromatic heterocycles. The van der Waals surface area contributed by atoms with E-state index in [4.69, 9.17) is 20.8 Å². The summed E-state index contributed by atoms with van der Waals surface area (Å²) in [4.78, 5) is 25.4. The summed E-state index contributed by atoms with van der Waals surface area (Å²) >= 11 is 1.95. The lowest BCUT2D eigenvalue weighted by Crippen LogP contribution is -2.33. The molecule has 1 saturated carbocycles. The number of fused-ring (bicyclic) bond motifs is 1. The van der Waals surface area contributed by atoms with E-state index in [-0.39, 0.29) is 11.6 Å². The second-order valence-corrected chi connectivity index (χ2v) is 9.65. The van der Waals surface area contributed by atoms with Crippen LogP contribution in [0, 0.1) is 0 Å². The standard InChI is InChI=1S/C22H27N7O2S/c23-14-3-7-16(8-4-14)26-22-27-19(25-15-5-1-13(2-6-15)21(30)31)18-20(28-22)29(12-24-18)17-9-10-32-11-17/h1-2,5-6,12,14,16-17H,3-4,7-11,23H2,(H,30,31)(H2,25,26,27,28). The van der Waals surface area contributed by atoms with Crippen LogP contribution in [0.4, 0.5) is 17.5 Å². The van der Waals surface area contributed by atoms with Gasteiger partial charge in [-0.05, 0) is 62.1 Å². The molecule has 168 valence electrons. The number of nitrogens with two attached hydrogens (primary N) is 1. The Bertz CT molecular complexity index is 1100. The Kier molecular flexibility index (Phi) is 5.88. The molecule has 3 heterocycles. The molecule has 1 saturated heterocycles. The van der Waals surface area contributed by atoms with Crippen molar-refractivity contribution in [1.82, 2.24) is 19.5 Å². The predicted molar refractivity (Wildman–Crippen MR) is 127 cm³/mol. The van der Waals surface area contributed by atoms with Gasteiger partial charge in [0.05, 0.1) is 11.9 Å². The van der Waals surface area contributed by atoms with Gasteiger partial charge in [0.25, 0.3) is 0 Å². The van der Waals surface area contributed by atoms with E-state index in [1.165, 1.54) is 0 Å². The van der Waals surface area contributed by atoms with Gasteiger partial charge in [-0.2, -0.15) is 21.7 Å². The number of carboxylic acid groups (broad SMARTS) is 1. The van der Waals surface area contributed by atoms with Gasteiger partial charge in [0.2, 0.25) is 5.95 Å². The maximum Gasteiger partial charge on any atom is 0.335 e. The third kappa shape index (κ3) is 4.37. The molecule has 1 aliphatic carbocycles. The molecule has 3 aromatic rings. The summed E-state index contributed by atoms with van der Waals surface area (Å²) in [6.07, 6.45) is 6.96. The quantitative estimate of drug-likeness (QED) is 0.442. The van der Waals surface area contributed by atoms with E-state index in [0.29, 0.717) is 29.4 Å². The number of imidazole rings is 1. The van der Waals surface area contributed by atoms with Crippen LogP contribution in [0.5, 0.6) is 0 Å². The first-order chi connectivity index (χ1) is 15.6. The highest BCUT2D eigenvalue weighted by Gasteiger charge is 2.24. The average molecular weight is 454 g/mol. The number of thioether (sulfide) groups is 1. The Hall–Kier alpha value is -2.85. The normalized spacial score (nSPS) is 23.3. The van der Waals surface area contributed by atoms with Crippen LogP contribution < -0.4 is 16.4 Å². The molecule has 0 spiro atoms. The zero-order valence-corrected chi connectivity index (χ0v) is 18.5. The van der Waals surface area contributed by atoms with Crippen LogP contribution in [0.1, 0.15) is 48.5 Å². The minimum atomic E-state index is -0.951. The van der Waals surface area contributed by atoms with E-state index >= 15 is 0 Å². The van der Waals surface area contributed by atoms with E-state index in [1.54, 1.807) is 24.3 Å². The summed E-state index contributed by atoms with van der Waals surface area (Å²) in [6.45, 7) is 0. The van der Waals surface area contributed by atoms with Crippen molar-refractivity contribution < 1.29 is 9.90 Å². The van der Waals surface area contributed by atoms with Crippen LogP contribution in [0.25, 0.3) is 11.2 Å². The molecular formula is C22H27N7O2S. The SMILES string of the molecule is NC1CCC(Nc2nc(Nc3ccc(C(=O)O)cc3)c3ncn(C4CCSC4)c3n2)CC1. The van der Waals surface area contributed by atoms with Crippen LogP contribution in [-0.2, 0) is 0 Å². The fourth-order valence-corrected chi connectivity index (χ4v) is 5.56. The molecule has 10 heteroatoms. The predicted octanol–water partition coefficient (Wildman–Crippen LogP) is 3.63. The monoisotopic (exact) mass is 453 g/mol. The van der Waals surface area contributed by atoms with Crippen molar-refractivity contribution in [2.45, 2.75) is 50.2 Å². The lowest BCUT2D eigenvalue weighted by atomic mass is 9.92. The molecule has 5 N–H and O–H groups in total. The smallest absolute Gasteiger partial charge is 0.335 e. The van der Waals surface area contributed by atoms with Crippen molar-refractivity contribution >= 4 is 46.3 Å². The summed E-state index contributed by atoms with van der Waals surface area (Å²) in [7, 11) is 0. The van der Waals surface area contributed by atoms with Gasteiger partial charge in [-0.25, -0.2) is 9.78 Å². The van der Waals surface area contributed by atoms with Crippen molar-refractivity contribution in [3.05, 3.63) is 36.2 Å². The average Bonchev–Trinajstić information content (AvgIpc) is 3.46. The number of rotatable bonds is 6. The number of aromatic carboxylic acids is 1. The van der Waals surface area contributed by atoms with E-state index in [0.717, 1.165) is 54.9 Å². The summed E-state index contributed by atoms with van der Waals surface area (Å²) in [5.41, 5.74) is 8.57. The zero-order chi connectivity index (χ0) is 22.1. The molecule has 2 fully saturated rings. The minimum absolute atomic E-state index is 0.240. The summed E-state index contributed by atoms with van der Waals surface area (Å²) in [5, 5.41) is 16.0. The Labute approximate surface area is 190 Å². The number of carbonyl (C=O) groups is 1. The molecule has 1 unspecified atom stereocenters. The van der Waals surface area contributed by atoms with E-state index < -0.39 is 5.97 Å². The maximum absolute atomic E-state index is 11.2. The highest BCUT2D eigenvalue weighted by Crippen LogP contribution is 2.33. The Morgan fingerprint density at radius 2 is 1.91 bits per heavy atom. The Morgan fingerprint density at radius 3 is 2.59 bits per heavy atom. The number of aromatic nitrogens is 4. The molecule has 32 heavy (non-hydrogen) atoms. The summed E-state index contributed by atoms with van der Waals surface area (Å²) in [6, 6.07) is 7.57. The number of carboxylic acids is 1. The first-order valence-electron chi connectivity index (χ1n) is 11.0. The number of benzene rings is 1. The van der Waals surface area contributed by atoms with E-state index in [2.05, 4.69) is 20.2 Å². The van der Waals surface area contributed by atoms with Crippen molar-refractivity contribution in [3.63, 3.8) is 0 Å². The topological polar surface area (TPSA) is 131 Å². The number of anilines is 3. The highest BCUT2D eigenvalue weighted by molar-refractivity contribution is 7.99. The van der Waals surface area contributed by atoms with Gasteiger partial charge in [0.1, 0.15) is 0 Å². The van der Waals surface area contributed by atoms with Gasteiger partial charge in [-0.1, -0.05) is 0 Å². The van der Waals surface area contributed by atoms with Crippen LogP contribution in [0.2, 0.25) is 0 Å². The van der Waals surface area contributed by atoms with Crippen molar-refractivity contribution in [1.29, 1.82) is 0 Å². The summed E-state index contributed by atoms with van der Waals surface area (Å²) < 4.78 is 2.16. The highest BCUT2D eigenvalue weighted by atomic mass is 32.2. The molecule has 0 amide bonds. The van der Waals surface area contributed by atoms with Gasteiger partial charge < -0.3 is 26.0 Å². The fraction of sp³-hybridized carbons (Fsp3) is 0.455. The Balaban J connectivity index is 1.48. The number of nitrogens with zero attached hydrogens (tertiary/aromatic N) is 4. The first-order valence-corrected chi connectivity index (χ1v) is 12.2. The maximum atomic E-state index is 11.2. The molecule has 1 aromatic carbocycles. The minimum Gasteiger partial charge on any atom is -0.478 e. The number of nitrogens with one attached hydrogen (secondary N) is 2. The molecule has 0 bridgehead atoms. The summed E-state index contributed by atoms with van der Waals surface area (Å²) in [5.74, 6) is 2.43. The number of hydrogen-bond donors (Lipinski definition) is 4. The second-order valence-electron chi connectivity index (χ2n) is 8.50. The van der Waals surface area contributed by atoms with Crippen LogP contribution in [-0.4, -0.2) is 54.2 Å². The van der Waals surface area contributed by atoms with Gasteiger partial charge in [-0.3, -0.25) is 0 Å². The lowest BCUT2D eigenvalue weighted by Gasteiger charge is -2.27. The van der Waals surface area contributed by atoms with Crippen molar-refractivity contribution in [2.24, 2.45) is 5.73 Å². The molecule has 9 nitrogen and oxygen atoms in total. The third-order valence-electron chi connectivity index (χ3n) is 6.22. The lowest BCUT2D eigenvalue weighted by molar-refractivity contribution is 0.0697. The zero-order valence-electron chi connectivity index (χ0n) is 17.7. The van der Waals surface area contributed by atoms with Crippen LogP contribution in [0.3, 0.4) is 0 Å². The Morgan fingerprint density at radius 1 is 1.12 bits per heavy atom. The second kappa shape index (κ2) is 8.95. The fourth-order valence-electron chi connectivity index (χ4n) is 4.36. The number of hydrogen-bond acceptors (Lipinski definition) is 8. The molecule has 2 aliphatic rings. The van der Waals surface area contributed by atoms with Gasteiger partial charge in [0.15, 0.2) is 17.0 Å². The van der Waals surface area contributed by atoms with Crippen molar-refractivity contribution in [3.8, 4) is 0 Å². The molecule has 1 aliphatic heterocycles. The largest absolute Gasteiger partial charge is 0.478 e. The van der Waals surface area contributed by atoms with E-state index in [1.807, 2.05) is 18.1 Å². The van der Waals surface area contributed by atoms with E-state index in [9.17, 15) is 4.79 Å². The van der Waals surface area contributed by atoms with Crippen LogP contribution in [0.15, 0.2) is 30.6 Å². The first kappa shape index (κ1) is 21.0. The van der Waals surface area contributed by atoms with Crippen LogP contribution >= 0.6 is 11.8 Å². The molecule has 1 atom stereocenters.